The number of hydrogen-bond acceptors (Lipinski definition) is 7. The summed E-state index contributed by atoms with van der Waals surface area (Å²) < 4.78 is 73.8. The molecule has 0 aromatic heterocycles. The summed E-state index contributed by atoms with van der Waals surface area (Å²) in [5, 5.41) is 0.628. The van der Waals surface area contributed by atoms with Gasteiger partial charge in [0.2, 0.25) is 19.7 Å². The van der Waals surface area contributed by atoms with E-state index >= 15 is 0 Å². The van der Waals surface area contributed by atoms with Gasteiger partial charge < -0.3 is 0 Å². The minimum atomic E-state index is -4.67. The van der Waals surface area contributed by atoms with Crippen LogP contribution in [0.15, 0.2) is 59.2 Å². The van der Waals surface area contributed by atoms with Gasteiger partial charge in [-0.1, -0.05) is 31.4 Å². The van der Waals surface area contributed by atoms with E-state index in [0.717, 1.165) is 12.1 Å². The minimum Gasteiger partial charge on any atom is -0.226 e. The average Bonchev–Trinajstić information content (AvgIpc) is 2.47. The van der Waals surface area contributed by atoms with Gasteiger partial charge in [-0.25, -0.2) is 21.0 Å². The van der Waals surface area contributed by atoms with Gasteiger partial charge in [-0.15, -0.1) is 0 Å². The van der Waals surface area contributed by atoms with E-state index in [0.29, 0.717) is 17.7 Å². The maximum absolute atomic E-state index is 12.2. The molecular formula is C12H14NaO7S3. The Morgan fingerprint density at radius 3 is 1.65 bits per heavy atom. The summed E-state index contributed by atoms with van der Waals surface area (Å²) in [4.78, 5) is -0.389. The maximum Gasteiger partial charge on any atom is 0.299 e. The standard InChI is InChI=1S/C12H14O7S3.Na/c1-4-20(13,14)12(3,21(15,16)5-2)19-22(17,18)11-9-7-6-8-10-11;/h4-10H,1-2H2,3H3;. The third-order valence-corrected chi connectivity index (χ3v) is 8.88. The fourth-order valence-electron chi connectivity index (χ4n) is 1.39. The molecule has 23 heavy (non-hydrogen) atoms. The molecule has 0 aliphatic heterocycles. The number of sulfone groups is 2. The van der Waals surface area contributed by atoms with E-state index in [1.807, 2.05) is 0 Å². The van der Waals surface area contributed by atoms with E-state index in [2.05, 4.69) is 17.3 Å². The topological polar surface area (TPSA) is 112 Å². The quantitative estimate of drug-likeness (QED) is 0.501. The first kappa shape index (κ1) is 22.5. The van der Waals surface area contributed by atoms with Gasteiger partial charge >= 0.3 is 0 Å². The van der Waals surface area contributed by atoms with Crippen molar-refractivity contribution in [3.8, 4) is 0 Å². The molecule has 11 heteroatoms. The molecule has 7 nitrogen and oxygen atoms in total. The first-order valence-electron chi connectivity index (χ1n) is 5.68. The van der Waals surface area contributed by atoms with Crippen LogP contribution in [0.1, 0.15) is 6.92 Å². The van der Waals surface area contributed by atoms with E-state index in [-0.39, 0.29) is 34.5 Å². The van der Waals surface area contributed by atoms with E-state index in [9.17, 15) is 25.3 Å². The van der Waals surface area contributed by atoms with Crippen molar-refractivity contribution < 1.29 is 29.4 Å². The van der Waals surface area contributed by atoms with Crippen molar-refractivity contribution >= 4 is 59.3 Å². The van der Waals surface area contributed by atoms with Crippen LogP contribution in [0.2, 0.25) is 0 Å². The summed E-state index contributed by atoms with van der Waals surface area (Å²) in [6.07, 6.45) is 0. The summed E-state index contributed by atoms with van der Waals surface area (Å²) in [6.45, 7) is 6.59. The molecule has 1 aromatic rings. The van der Waals surface area contributed by atoms with Crippen molar-refractivity contribution in [2.24, 2.45) is 0 Å². The molecule has 0 N–H and O–H groups in total. The summed E-state index contributed by atoms with van der Waals surface area (Å²) in [6, 6.07) is 6.54. The van der Waals surface area contributed by atoms with Crippen LogP contribution in [0.4, 0.5) is 0 Å². The Morgan fingerprint density at radius 1 is 0.913 bits per heavy atom. The van der Waals surface area contributed by atoms with Crippen molar-refractivity contribution in [3.05, 3.63) is 54.3 Å². The Balaban J connectivity index is 0.00000484. The Kier molecular flexibility index (Phi) is 7.44. The van der Waals surface area contributed by atoms with Gasteiger partial charge in [0.05, 0.1) is 4.90 Å². The minimum absolute atomic E-state index is 0. The van der Waals surface area contributed by atoms with Crippen molar-refractivity contribution in [3.63, 3.8) is 0 Å². The molecule has 0 unspecified atom stereocenters. The van der Waals surface area contributed by atoms with Crippen LogP contribution in [0.3, 0.4) is 0 Å². The zero-order valence-corrected chi connectivity index (χ0v) is 17.0. The van der Waals surface area contributed by atoms with Crippen LogP contribution in [0, 0.1) is 0 Å². The molecule has 0 aliphatic carbocycles. The van der Waals surface area contributed by atoms with Gasteiger partial charge in [0, 0.05) is 40.4 Å². The SMILES string of the molecule is C=CS(=O)(=O)C(C)(OS(=O)(=O)c1ccccc1)S(=O)(=O)C=C.[Na]. The fraction of sp³-hybridized carbons (Fsp3) is 0.167. The summed E-state index contributed by atoms with van der Waals surface area (Å²) >= 11 is 0. The van der Waals surface area contributed by atoms with Crippen LogP contribution < -0.4 is 0 Å². The van der Waals surface area contributed by atoms with Crippen LogP contribution in [0.5, 0.6) is 0 Å². The molecular weight excluding hydrogens is 375 g/mol. The van der Waals surface area contributed by atoms with Crippen molar-refractivity contribution in [1.82, 2.24) is 0 Å². The first-order valence-corrected chi connectivity index (χ1v) is 10.2. The van der Waals surface area contributed by atoms with Crippen LogP contribution in [-0.4, -0.2) is 59.1 Å². The monoisotopic (exact) mass is 389 g/mol. The Labute approximate surface area is 158 Å². The molecule has 0 saturated heterocycles. The second kappa shape index (κ2) is 7.60. The van der Waals surface area contributed by atoms with E-state index in [1.54, 1.807) is 0 Å². The second-order valence-corrected chi connectivity index (χ2v) is 10.3. The molecule has 0 heterocycles. The van der Waals surface area contributed by atoms with Crippen LogP contribution in [0.25, 0.3) is 0 Å². The maximum atomic E-state index is 12.2. The smallest absolute Gasteiger partial charge is 0.226 e. The predicted octanol–water partition coefficient (Wildman–Crippen LogP) is 0.801. The second-order valence-electron chi connectivity index (χ2n) is 4.14. The summed E-state index contributed by atoms with van der Waals surface area (Å²) in [5.74, 6) is 0. The van der Waals surface area contributed by atoms with Crippen LogP contribution >= 0.6 is 0 Å². The third-order valence-electron chi connectivity index (χ3n) is 2.77. The Hall–Kier alpha value is -0.490. The van der Waals surface area contributed by atoms with Gasteiger partial charge in [-0.05, 0) is 19.1 Å². The number of benzene rings is 1. The van der Waals surface area contributed by atoms with Crippen LogP contribution in [-0.2, 0) is 34.0 Å². The third kappa shape index (κ3) is 4.32. The first-order chi connectivity index (χ1) is 9.93. The molecule has 0 atom stereocenters. The van der Waals surface area contributed by atoms with E-state index < -0.39 is 34.1 Å². The molecule has 123 valence electrons. The number of hydrogen-bond donors (Lipinski definition) is 0. The molecule has 0 saturated carbocycles. The van der Waals surface area contributed by atoms with Gasteiger partial charge in [-0.2, -0.15) is 8.42 Å². The normalized spacial score (nSPS) is 12.9. The van der Waals surface area contributed by atoms with Gasteiger partial charge in [0.25, 0.3) is 14.4 Å². The zero-order valence-electron chi connectivity index (χ0n) is 12.5. The van der Waals surface area contributed by atoms with Gasteiger partial charge in [0.1, 0.15) is 0 Å². The Bertz CT molecular complexity index is 847. The molecule has 0 aliphatic rings. The molecule has 1 rings (SSSR count). The predicted molar refractivity (Wildman–Crippen MR) is 87.1 cm³/mol. The summed E-state index contributed by atoms with van der Waals surface area (Å²) in [5.41, 5.74) is 0. The molecule has 0 spiro atoms. The zero-order chi connectivity index (χ0) is 17.2. The molecule has 0 amide bonds. The van der Waals surface area contributed by atoms with E-state index in [4.69, 9.17) is 0 Å². The number of rotatable bonds is 7. The van der Waals surface area contributed by atoms with Gasteiger partial charge in [-0.3, -0.25) is 0 Å². The molecule has 1 radical (unpaired) electrons. The van der Waals surface area contributed by atoms with Gasteiger partial charge in [0.15, 0.2) is 0 Å². The largest absolute Gasteiger partial charge is 0.299 e. The average molecular weight is 389 g/mol. The molecule has 0 bridgehead atoms. The molecule has 0 fully saturated rings. The Morgan fingerprint density at radius 2 is 1.30 bits per heavy atom. The van der Waals surface area contributed by atoms with Crippen molar-refractivity contribution in [2.75, 3.05) is 0 Å². The fourth-order valence-corrected chi connectivity index (χ4v) is 5.98. The molecule has 1 aromatic carbocycles. The van der Waals surface area contributed by atoms with E-state index in [1.165, 1.54) is 18.2 Å². The summed E-state index contributed by atoms with van der Waals surface area (Å²) in [7, 11) is -14.0. The van der Waals surface area contributed by atoms with Crippen molar-refractivity contribution in [2.45, 2.75) is 16.1 Å². The van der Waals surface area contributed by atoms with Crippen molar-refractivity contribution in [1.29, 1.82) is 0 Å².